The Hall–Kier alpha value is -0.990. The predicted molar refractivity (Wildman–Crippen MR) is 43.4 cm³/mol. The van der Waals surface area contributed by atoms with Crippen LogP contribution in [0.1, 0.15) is 19.8 Å². The summed E-state index contributed by atoms with van der Waals surface area (Å²) in [5.74, 6) is 0.606. The molecule has 11 heavy (non-hydrogen) atoms. The van der Waals surface area contributed by atoms with Crippen LogP contribution in [0, 0.1) is 5.92 Å². The first kappa shape index (κ1) is 8.11. The molecule has 3 heteroatoms. The molecule has 0 aromatic rings. The van der Waals surface area contributed by atoms with Crippen LogP contribution in [0.5, 0.6) is 0 Å². The lowest BCUT2D eigenvalue weighted by molar-refractivity contribution is -0.135. The van der Waals surface area contributed by atoms with Gasteiger partial charge in [0.2, 0.25) is 5.91 Å². The molecule has 1 saturated heterocycles. The van der Waals surface area contributed by atoms with Crippen molar-refractivity contribution in [3.8, 4) is 0 Å². The normalized spacial score (nSPS) is 25.4. The van der Waals surface area contributed by atoms with Gasteiger partial charge < -0.3 is 5.73 Å². The van der Waals surface area contributed by atoms with E-state index >= 15 is 0 Å². The van der Waals surface area contributed by atoms with Crippen LogP contribution in [0.2, 0.25) is 0 Å². The summed E-state index contributed by atoms with van der Waals surface area (Å²) in [6, 6.07) is 0. The largest absolute Gasteiger partial charge is 0.386 e. The average molecular weight is 154 g/mol. The summed E-state index contributed by atoms with van der Waals surface area (Å²) in [6.45, 7) is 6.21. The number of hydrogen-bond acceptors (Lipinski definition) is 2. The number of nitrogens with zero attached hydrogens (tertiary/aromatic N) is 1. The molecule has 0 spiro atoms. The van der Waals surface area contributed by atoms with Crippen LogP contribution in [0.25, 0.3) is 0 Å². The third-order valence-electron chi connectivity index (χ3n) is 2.05. The van der Waals surface area contributed by atoms with Crippen molar-refractivity contribution in [1.82, 2.24) is 4.90 Å². The van der Waals surface area contributed by atoms with Gasteiger partial charge in [0.15, 0.2) is 0 Å². The van der Waals surface area contributed by atoms with Gasteiger partial charge >= 0.3 is 0 Å². The van der Waals surface area contributed by atoms with Gasteiger partial charge in [-0.15, -0.1) is 0 Å². The monoisotopic (exact) mass is 154 g/mol. The van der Waals surface area contributed by atoms with Crippen molar-refractivity contribution in [2.75, 3.05) is 6.54 Å². The highest BCUT2D eigenvalue weighted by molar-refractivity contribution is 5.80. The summed E-state index contributed by atoms with van der Waals surface area (Å²) >= 11 is 0. The molecular formula is C8H14N2O. The third-order valence-corrected chi connectivity index (χ3v) is 2.05. The van der Waals surface area contributed by atoms with Gasteiger partial charge in [-0.2, -0.15) is 0 Å². The van der Waals surface area contributed by atoms with Gasteiger partial charge in [-0.25, -0.2) is 0 Å². The number of carbonyl (C=O) groups is 1. The van der Waals surface area contributed by atoms with Gasteiger partial charge in [-0.3, -0.25) is 9.69 Å². The summed E-state index contributed by atoms with van der Waals surface area (Å²) in [4.78, 5) is 12.9. The number of amides is 1. The van der Waals surface area contributed by atoms with Gasteiger partial charge in [0.1, 0.15) is 0 Å². The Balaban J connectivity index is 2.66. The summed E-state index contributed by atoms with van der Waals surface area (Å²) in [5, 5.41) is 0. The van der Waals surface area contributed by atoms with E-state index in [1.54, 1.807) is 4.90 Å². The second-order valence-electron chi connectivity index (χ2n) is 3.02. The maximum atomic E-state index is 11.4. The highest BCUT2D eigenvalue weighted by Gasteiger charge is 2.25. The summed E-state index contributed by atoms with van der Waals surface area (Å²) in [6.07, 6.45) is 2.01. The summed E-state index contributed by atoms with van der Waals surface area (Å²) in [5.41, 5.74) is 5.43. The van der Waals surface area contributed by atoms with Gasteiger partial charge in [0.25, 0.3) is 0 Å². The van der Waals surface area contributed by atoms with Crippen LogP contribution >= 0.6 is 0 Å². The third kappa shape index (κ3) is 1.53. The second-order valence-corrected chi connectivity index (χ2v) is 3.02. The van der Waals surface area contributed by atoms with Gasteiger partial charge in [-0.1, -0.05) is 13.5 Å². The molecule has 0 saturated carbocycles. The van der Waals surface area contributed by atoms with Gasteiger partial charge in [0, 0.05) is 12.5 Å². The van der Waals surface area contributed by atoms with Crippen molar-refractivity contribution in [3.63, 3.8) is 0 Å². The Bertz CT molecular complexity index is 189. The van der Waals surface area contributed by atoms with Crippen molar-refractivity contribution in [2.24, 2.45) is 11.7 Å². The van der Waals surface area contributed by atoms with E-state index in [1.807, 2.05) is 6.92 Å². The zero-order valence-corrected chi connectivity index (χ0v) is 6.84. The molecule has 0 aromatic carbocycles. The zero-order chi connectivity index (χ0) is 8.43. The second kappa shape index (κ2) is 2.95. The van der Waals surface area contributed by atoms with Gasteiger partial charge in [0.05, 0.1) is 5.82 Å². The van der Waals surface area contributed by atoms with Crippen molar-refractivity contribution >= 4 is 5.91 Å². The number of hydrogen-bond donors (Lipinski definition) is 1. The number of carbonyl (C=O) groups excluding carboxylic acids is 1. The molecule has 0 unspecified atom stereocenters. The van der Waals surface area contributed by atoms with Gasteiger partial charge in [-0.05, 0) is 12.8 Å². The molecule has 1 aliphatic heterocycles. The van der Waals surface area contributed by atoms with Crippen molar-refractivity contribution in [1.29, 1.82) is 0 Å². The maximum Gasteiger partial charge on any atom is 0.230 e. The molecule has 1 fully saturated rings. The van der Waals surface area contributed by atoms with Crippen LogP contribution in [-0.2, 0) is 4.79 Å². The zero-order valence-electron chi connectivity index (χ0n) is 6.84. The lowest BCUT2D eigenvalue weighted by atomic mass is 9.99. The minimum absolute atomic E-state index is 0.115. The van der Waals surface area contributed by atoms with Crippen molar-refractivity contribution in [3.05, 3.63) is 12.4 Å². The van der Waals surface area contributed by atoms with Crippen molar-refractivity contribution in [2.45, 2.75) is 19.8 Å². The number of likely N-dealkylation sites (tertiary alicyclic amines) is 1. The molecule has 0 aromatic heterocycles. The van der Waals surface area contributed by atoms with Crippen LogP contribution in [0.3, 0.4) is 0 Å². The minimum atomic E-state index is 0.115. The SMILES string of the molecule is C=C(N)N1CCC[C@H](C)C1=O. The Morgan fingerprint density at radius 3 is 2.91 bits per heavy atom. The molecule has 62 valence electrons. The Labute approximate surface area is 66.9 Å². The first-order valence-electron chi connectivity index (χ1n) is 3.88. The molecule has 1 aliphatic rings. The Morgan fingerprint density at radius 2 is 2.45 bits per heavy atom. The maximum absolute atomic E-state index is 11.4. The van der Waals surface area contributed by atoms with E-state index in [4.69, 9.17) is 5.73 Å². The van der Waals surface area contributed by atoms with E-state index in [9.17, 15) is 4.79 Å². The fraction of sp³-hybridized carbons (Fsp3) is 0.625. The van der Waals surface area contributed by atoms with Crippen LogP contribution in [0.15, 0.2) is 12.4 Å². The Morgan fingerprint density at radius 1 is 1.82 bits per heavy atom. The van der Waals surface area contributed by atoms with E-state index in [0.29, 0.717) is 5.82 Å². The molecular weight excluding hydrogens is 140 g/mol. The molecule has 1 heterocycles. The minimum Gasteiger partial charge on any atom is -0.386 e. The fourth-order valence-electron chi connectivity index (χ4n) is 1.34. The Kier molecular flexibility index (Phi) is 2.17. The standard InChI is InChI=1S/C8H14N2O/c1-6-4-3-5-10(7(2)9)8(6)11/h6H,2-5,9H2,1H3/t6-/m0/s1. The quantitative estimate of drug-likeness (QED) is 0.603. The molecule has 1 rings (SSSR count). The molecule has 0 bridgehead atoms. The highest BCUT2D eigenvalue weighted by Crippen LogP contribution is 2.18. The first-order valence-corrected chi connectivity index (χ1v) is 3.88. The van der Waals surface area contributed by atoms with E-state index in [2.05, 4.69) is 6.58 Å². The molecule has 1 atom stereocenters. The molecule has 2 N–H and O–H groups in total. The smallest absolute Gasteiger partial charge is 0.230 e. The summed E-state index contributed by atoms with van der Waals surface area (Å²) in [7, 11) is 0. The molecule has 3 nitrogen and oxygen atoms in total. The number of rotatable bonds is 1. The van der Waals surface area contributed by atoms with Crippen LogP contribution < -0.4 is 5.73 Å². The highest BCUT2D eigenvalue weighted by atomic mass is 16.2. The first-order chi connectivity index (χ1) is 5.13. The average Bonchev–Trinajstić information content (AvgIpc) is 1.94. The fourth-order valence-corrected chi connectivity index (χ4v) is 1.34. The lowest BCUT2D eigenvalue weighted by Gasteiger charge is -2.29. The summed E-state index contributed by atoms with van der Waals surface area (Å²) < 4.78 is 0. The lowest BCUT2D eigenvalue weighted by Crippen LogP contribution is -2.41. The van der Waals surface area contributed by atoms with Crippen LogP contribution in [-0.4, -0.2) is 17.4 Å². The van der Waals surface area contributed by atoms with Crippen molar-refractivity contribution < 1.29 is 4.79 Å². The van der Waals surface area contributed by atoms with E-state index < -0.39 is 0 Å². The number of piperidine rings is 1. The van der Waals surface area contributed by atoms with E-state index in [1.165, 1.54) is 0 Å². The molecule has 1 amide bonds. The van der Waals surface area contributed by atoms with E-state index in [-0.39, 0.29) is 11.8 Å². The number of nitrogens with two attached hydrogens (primary N) is 1. The van der Waals surface area contributed by atoms with E-state index in [0.717, 1.165) is 19.4 Å². The predicted octanol–water partition coefficient (Wildman–Crippen LogP) is 0.675. The topological polar surface area (TPSA) is 46.3 Å². The molecule has 0 aliphatic carbocycles. The van der Waals surface area contributed by atoms with Crippen LogP contribution in [0.4, 0.5) is 0 Å². The molecule has 0 radical (unpaired) electrons.